The molecule has 0 spiro atoms. The smallest absolute Gasteiger partial charge is 0.407 e. The zero-order valence-electron chi connectivity index (χ0n) is 14.1. The van der Waals surface area contributed by atoms with Crippen LogP contribution in [0.4, 0.5) is 4.79 Å². The van der Waals surface area contributed by atoms with E-state index in [1.54, 1.807) is 6.92 Å². The number of alkyl carbamates (subject to hydrolysis) is 1. The van der Waals surface area contributed by atoms with Gasteiger partial charge in [-0.1, -0.05) is 43.3 Å². The number of benzene rings is 2. The number of carbonyl (C=O) groups is 1. The summed E-state index contributed by atoms with van der Waals surface area (Å²) < 4.78 is 4.85. The number of amides is 1. The molecule has 0 aliphatic heterocycles. The molecule has 1 unspecified atom stereocenters. The number of rotatable bonds is 6. The molecular formula is C20H22N2O2. The normalized spacial score (nSPS) is 11.4. The molecule has 4 nitrogen and oxygen atoms in total. The highest BCUT2D eigenvalue weighted by Crippen LogP contribution is 2.21. The molecule has 0 heterocycles. The van der Waals surface area contributed by atoms with E-state index in [0.717, 1.165) is 17.5 Å². The molecule has 2 aromatic rings. The summed E-state index contributed by atoms with van der Waals surface area (Å²) in [5.74, 6) is 0.329. The number of hydrogen-bond donors (Lipinski definition) is 1. The van der Waals surface area contributed by atoms with Crippen LogP contribution in [0.1, 0.15) is 25.0 Å². The van der Waals surface area contributed by atoms with Crippen molar-refractivity contribution in [2.24, 2.45) is 5.92 Å². The SMILES string of the molecule is CCOC(=O)NCC(C)Cc1ccc(-c2ccc(C#N)cc2)cc1. The first-order chi connectivity index (χ1) is 11.6. The van der Waals surface area contributed by atoms with Crippen molar-refractivity contribution in [3.63, 3.8) is 0 Å². The lowest BCUT2D eigenvalue weighted by molar-refractivity contribution is 0.150. The summed E-state index contributed by atoms with van der Waals surface area (Å²) in [6.07, 6.45) is 0.528. The van der Waals surface area contributed by atoms with Crippen LogP contribution in [0.15, 0.2) is 48.5 Å². The van der Waals surface area contributed by atoms with Gasteiger partial charge in [0.25, 0.3) is 0 Å². The Morgan fingerprint density at radius 2 is 1.71 bits per heavy atom. The van der Waals surface area contributed by atoms with Gasteiger partial charge in [0.05, 0.1) is 18.2 Å². The Kier molecular flexibility index (Phi) is 6.39. The molecular weight excluding hydrogens is 300 g/mol. The topological polar surface area (TPSA) is 62.1 Å². The lowest BCUT2D eigenvalue weighted by Gasteiger charge is -2.13. The highest BCUT2D eigenvalue weighted by atomic mass is 16.5. The second kappa shape index (κ2) is 8.73. The van der Waals surface area contributed by atoms with Crippen LogP contribution >= 0.6 is 0 Å². The van der Waals surface area contributed by atoms with Crippen molar-refractivity contribution in [3.05, 3.63) is 59.7 Å². The van der Waals surface area contributed by atoms with Crippen LogP contribution in [0.25, 0.3) is 11.1 Å². The monoisotopic (exact) mass is 322 g/mol. The van der Waals surface area contributed by atoms with Gasteiger partial charge in [0.1, 0.15) is 0 Å². The molecule has 0 aliphatic rings. The molecule has 0 saturated heterocycles. The van der Waals surface area contributed by atoms with Gasteiger partial charge in [-0.15, -0.1) is 0 Å². The predicted molar refractivity (Wildman–Crippen MR) is 94.5 cm³/mol. The van der Waals surface area contributed by atoms with Gasteiger partial charge >= 0.3 is 6.09 Å². The third-order valence-electron chi connectivity index (χ3n) is 3.76. The maximum Gasteiger partial charge on any atom is 0.407 e. The van der Waals surface area contributed by atoms with Crippen LogP contribution in [0.5, 0.6) is 0 Å². The molecule has 4 heteroatoms. The first kappa shape index (κ1) is 17.6. The molecule has 2 aromatic carbocycles. The van der Waals surface area contributed by atoms with Gasteiger partial charge in [-0.25, -0.2) is 4.79 Å². The molecule has 0 radical (unpaired) electrons. The van der Waals surface area contributed by atoms with E-state index in [2.05, 4.69) is 42.6 Å². The molecule has 0 bridgehead atoms. The quantitative estimate of drug-likeness (QED) is 0.869. The van der Waals surface area contributed by atoms with Crippen LogP contribution in [0.3, 0.4) is 0 Å². The highest BCUT2D eigenvalue weighted by molar-refractivity contribution is 5.67. The van der Waals surface area contributed by atoms with Gasteiger partial charge in [0.15, 0.2) is 0 Å². The average molecular weight is 322 g/mol. The Morgan fingerprint density at radius 1 is 1.12 bits per heavy atom. The molecule has 0 saturated carbocycles. The predicted octanol–water partition coefficient (Wildman–Crippen LogP) is 4.15. The van der Waals surface area contributed by atoms with E-state index in [4.69, 9.17) is 10.00 Å². The second-order valence-electron chi connectivity index (χ2n) is 5.80. The molecule has 0 aromatic heterocycles. The number of carbonyl (C=O) groups excluding carboxylic acids is 1. The van der Waals surface area contributed by atoms with E-state index in [9.17, 15) is 4.79 Å². The number of hydrogen-bond acceptors (Lipinski definition) is 3. The van der Waals surface area contributed by atoms with Crippen LogP contribution in [0, 0.1) is 17.2 Å². The Bertz CT molecular complexity index is 700. The van der Waals surface area contributed by atoms with Crippen molar-refractivity contribution < 1.29 is 9.53 Å². The third kappa shape index (κ3) is 5.13. The lowest BCUT2D eigenvalue weighted by atomic mass is 9.98. The van der Waals surface area contributed by atoms with Gasteiger partial charge in [0, 0.05) is 6.54 Å². The van der Waals surface area contributed by atoms with Crippen molar-refractivity contribution in [3.8, 4) is 17.2 Å². The molecule has 1 amide bonds. The van der Waals surface area contributed by atoms with E-state index < -0.39 is 0 Å². The fourth-order valence-corrected chi connectivity index (χ4v) is 2.48. The molecule has 1 N–H and O–H groups in total. The molecule has 0 fully saturated rings. The van der Waals surface area contributed by atoms with Gasteiger partial charge in [0.2, 0.25) is 0 Å². The fraction of sp³-hybridized carbons (Fsp3) is 0.300. The number of nitrogens with one attached hydrogen (secondary N) is 1. The van der Waals surface area contributed by atoms with Crippen molar-refractivity contribution in [1.29, 1.82) is 5.26 Å². The van der Waals surface area contributed by atoms with Crippen LogP contribution < -0.4 is 5.32 Å². The van der Waals surface area contributed by atoms with Crippen LogP contribution in [0.2, 0.25) is 0 Å². The summed E-state index contributed by atoms with van der Waals surface area (Å²) in [5.41, 5.74) is 4.11. The van der Waals surface area contributed by atoms with E-state index in [1.807, 2.05) is 24.3 Å². The minimum absolute atomic E-state index is 0.329. The van der Waals surface area contributed by atoms with Crippen molar-refractivity contribution >= 4 is 6.09 Å². The summed E-state index contributed by atoms with van der Waals surface area (Å²) in [6, 6.07) is 18.1. The van der Waals surface area contributed by atoms with Gasteiger partial charge in [-0.05, 0) is 48.1 Å². The van der Waals surface area contributed by atoms with Gasteiger partial charge < -0.3 is 10.1 Å². The molecule has 1 atom stereocenters. The van der Waals surface area contributed by atoms with E-state index >= 15 is 0 Å². The fourth-order valence-electron chi connectivity index (χ4n) is 2.48. The standard InChI is InChI=1S/C20H22N2O2/c1-3-24-20(23)22-14-15(2)12-16-4-8-18(9-5-16)19-10-6-17(13-21)7-11-19/h4-11,15H,3,12,14H2,1-2H3,(H,22,23). The largest absolute Gasteiger partial charge is 0.450 e. The number of nitriles is 1. The Labute approximate surface area is 143 Å². The number of nitrogens with zero attached hydrogens (tertiary/aromatic N) is 1. The average Bonchev–Trinajstić information content (AvgIpc) is 2.61. The summed E-state index contributed by atoms with van der Waals surface area (Å²) in [7, 11) is 0. The molecule has 24 heavy (non-hydrogen) atoms. The Balaban J connectivity index is 1.91. The van der Waals surface area contributed by atoms with E-state index in [1.165, 1.54) is 5.56 Å². The zero-order chi connectivity index (χ0) is 17.4. The van der Waals surface area contributed by atoms with Gasteiger partial charge in [-0.2, -0.15) is 5.26 Å². The minimum atomic E-state index is -0.361. The minimum Gasteiger partial charge on any atom is -0.450 e. The maximum absolute atomic E-state index is 11.3. The van der Waals surface area contributed by atoms with Crippen molar-refractivity contribution in [1.82, 2.24) is 5.32 Å². The third-order valence-corrected chi connectivity index (χ3v) is 3.76. The van der Waals surface area contributed by atoms with Crippen LogP contribution in [-0.4, -0.2) is 19.2 Å². The summed E-state index contributed by atoms with van der Waals surface area (Å²) >= 11 is 0. The lowest BCUT2D eigenvalue weighted by Crippen LogP contribution is -2.29. The highest BCUT2D eigenvalue weighted by Gasteiger charge is 2.07. The van der Waals surface area contributed by atoms with Crippen molar-refractivity contribution in [2.75, 3.05) is 13.2 Å². The van der Waals surface area contributed by atoms with E-state index in [-0.39, 0.29) is 6.09 Å². The summed E-state index contributed by atoms with van der Waals surface area (Å²) in [4.78, 5) is 11.3. The molecule has 2 rings (SSSR count). The summed E-state index contributed by atoms with van der Waals surface area (Å²) in [5, 5.41) is 11.6. The molecule has 0 aliphatic carbocycles. The summed E-state index contributed by atoms with van der Waals surface area (Å²) in [6.45, 7) is 4.87. The van der Waals surface area contributed by atoms with E-state index in [0.29, 0.717) is 24.6 Å². The Morgan fingerprint density at radius 3 is 2.25 bits per heavy atom. The zero-order valence-corrected chi connectivity index (χ0v) is 14.1. The maximum atomic E-state index is 11.3. The van der Waals surface area contributed by atoms with Gasteiger partial charge in [-0.3, -0.25) is 0 Å². The van der Waals surface area contributed by atoms with Crippen LogP contribution in [-0.2, 0) is 11.2 Å². The van der Waals surface area contributed by atoms with Crippen molar-refractivity contribution in [2.45, 2.75) is 20.3 Å². The first-order valence-corrected chi connectivity index (χ1v) is 8.12. The second-order valence-corrected chi connectivity index (χ2v) is 5.80. The number of ether oxygens (including phenoxy) is 1. The molecule has 124 valence electrons. The first-order valence-electron chi connectivity index (χ1n) is 8.12. The Hall–Kier alpha value is -2.80.